The lowest BCUT2D eigenvalue weighted by Gasteiger charge is -2.07. The fourth-order valence-electron chi connectivity index (χ4n) is 1.20. The molecule has 0 saturated carbocycles. The van der Waals surface area contributed by atoms with Crippen molar-refractivity contribution in [3.05, 3.63) is 0 Å². The van der Waals surface area contributed by atoms with E-state index < -0.39 is 0 Å². The molecule has 0 rings (SSSR count). The Morgan fingerprint density at radius 2 is 2.18 bits per heavy atom. The maximum absolute atomic E-state index is 11.0. The molecule has 2 heteroatoms. The second-order valence-corrected chi connectivity index (χ2v) is 3.07. The molecule has 0 radical (unpaired) electrons. The van der Waals surface area contributed by atoms with Gasteiger partial charge in [0.05, 0.1) is 0 Å². The lowest BCUT2D eigenvalue weighted by Crippen LogP contribution is -2.10. The lowest BCUT2D eigenvalue weighted by atomic mass is 10.00. The summed E-state index contributed by atoms with van der Waals surface area (Å²) >= 11 is 0. The van der Waals surface area contributed by atoms with Crippen molar-refractivity contribution in [3.63, 3.8) is 0 Å². The molecule has 0 aliphatic heterocycles. The molecule has 0 aliphatic rings. The third kappa shape index (κ3) is 6.05. The Kier molecular flexibility index (Phi) is 6.13. The molecule has 1 unspecified atom stereocenters. The van der Waals surface area contributed by atoms with Crippen LogP contribution in [-0.4, -0.2) is 19.5 Å². The molecule has 0 aromatic heterocycles. The van der Waals surface area contributed by atoms with E-state index in [-0.39, 0.29) is 12.4 Å². The third-order valence-electron chi connectivity index (χ3n) is 1.66. The first-order valence-electron chi connectivity index (χ1n) is 4.21. The van der Waals surface area contributed by atoms with Crippen molar-refractivity contribution in [2.75, 3.05) is 13.7 Å². The van der Waals surface area contributed by atoms with E-state index in [0.29, 0.717) is 12.3 Å². The van der Waals surface area contributed by atoms with Gasteiger partial charge in [-0.15, -0.1) is 0 Å². The van der Waals surface area contributed by atoms with Crippen LogP contribution < -0.4 is 0 Å². The molecule has 1 atom stereocenters. The van der Waals surface area contributed by atoms with Gasteiger partial charge in [-0.2, -0.15) is 0 Å². The molecular weight excluding hydrogens is 140 g/mol. The summed E-state index contributed by atoms with van der Waals surface area (Å²) in [6.07, 6.45) is 2.96. The average molecular weight is 158 g/mol. The summed E-state index contributed by atoms with van der Waals surface area (Å²) in [6.45, 7) is 4.52. The van der Waals surface area contributed by atoms with Crippen molar-refractivity contribution < 1.29 is 9.53 Å². The van der Waals surface area contributed by atoms with Gasteiger partial charge in [0, 0.05) is 13.5 Å². The van der Waals surface area contributed by atoms with Crippen LogP contribution in [0.3, 0.4) is 0 Å². The molecule has 0 spiro atoms. The number of ether oxygens (including phenoxy) is 1. The number of hydrogen-bond donors (Lipinski definition) is 0. The predicted molar refractivity (Wildman–Crippen MR) is 45.6 cm³/mol. The number of rotatable bonds is 6. The summed E-state index contributed by atoms with van der Waals surface area (Å²) < 4.78 is 4.73. The van der Waals surface area contributed by atoms with Gasteiger partial charge in [-0.3, -0.25) is 4.79 Å². The van der Waals surface area contributed by atoms with Crippen molar-refractivity contribution in [1.82, 2.24) is 0 Å². The van der Waals surface area contributed by atoms with Crippen LogP contribution in [0.25, 0.3) is 0 Å². The molecule has 2 nitrogen and oxygen atoms in total. The van der Waals surface area contributed by atoms with Crippen LogP contribution >= 0.6 is 0 Å². The fourth-order valence-corrected chi connectivity index (χ4v) is 1.20. The lowest BCUT2D eigenvalue weighted by molar-refractivity contribution is -0.123. The minimum absolute atomic E-state index is 0.216. The third-order valence-corrected chi connectivity index (χ3v) is 1.66. The Hall–Kier alpha value is -0.370. The first-order valence-corrected chi connectivity index (χ1v) is 4.21. The van der Waals surface area contributed by atoms with Gasteiger partial charge in [-0.1, -0.05) is 26.7 Å². The number of Topliss-reactive ketones (excluding diaryl/α,β-unsaturated/α-hetero) is 1. The van der Waals surface area contributed by atoms with Crippen LogP contribution in [0.1, 0.15) is 33.1 Å². The number of carbonyl (C=O) groups is 1. The van der Waals surface area contributed by atoms with Gasteiger partial charge < -0.3 is 4.74 Å². The molecule has 0 N–H and O–H groups in total. The molecule has 0 saturated heterocycles. The topological polar surface area (TPSA) is 26.3 Å². The van der Waals surface area contributed by atoms with Crippen molar-refractivity contribution in [3.8, 4) is 0 Å². The van der Waals surface area contributed by atoms with Crippen molar-refractivity contribution >= 4 is 5.78 Å². The predicted octanol–water partition coefficient (Wildman–Crippen LogP) is 2.03. The minimum atomic E-state index is 0.216. The van der Waals surface area contributed by atoms with Gasteiger partial charge in [0.1, 0.15) is 6.61 Å². The zero-order chi connectivity index (χ0) is 8.69. The Morgan fingerprint density at radius 3 is 2.64 bits per heavy atom. The molecule has 66 valence electrons. The standard InChI is InChI=1S/C9H18O2/c1-4-5-8(2)6-9(10)7-11-3/h8H,4-7H2,1-3H3. The van der Waals surface area contributed by atoms with Crippen LogP contribution in [0.4, 0.5) is 0 Å². The van der Waals surface area contributed by atoms with E-state index in [4.69, 9.17) is 4.74 Å². The molecule has 0 aromatic rings. The maximum atomic E-state index is 11.0. The second-order valence-electron chi connectivity index (χ2n) is 3.07. The SMILES string of the molecule is CCCC(C)CC(=O)COC. The Labute approximate surface area is 68.9 Å². The van der Waals surface area contributed by atoms with E-state index in [1.165, 1.54) is 0 Å². The maximum Gasteiger partial charge on any atom is 0.158 e. The van der Waals surface area contributed by atoms with Gasteiger partial charge in [0.25, 0.3) is 0 Å². The van der Waals surface area contributed by atoms with Gasteiger partial charge in [-0.25, -0.2) is 0 Å². The highest BCUT2D eigenvalue weighted by Gasteiger charge is 2.06. The summed E-state index contributed by atoms with van der Waals surface area (Å²) in [5.41, 5.74) is 0. The minimum Gasteiger partial charge on any atom is -0.377 e. The highest BCUT2D eigenvalue weighted by Crippen LogP contribution is 2.09. The van der Waals surface area contributed by atoms with Crippen LogP contribution in [0, 0.1) is 5.92 Å². The number of carbonyl (C=O) groups excluding carboxylic acids is 1. The summed E-state index contributed by atoms with van der Waals surface area (Å²) in [6, 6.07) is 0. The van der Waals surface area contributed by atoms with Crippen LogP contribution in [0.15, 0.2) is 0 Å². The van der Waals surface area contributed by atoms with Crippen molar-refractivity contribution in [1.29, 1.82) is 0 Å². The van der Waals surface area contributed by atoms with Crippen molar-refractivity contribution in [2.24, 2.45) is 5.92 Å². The zero-order valence-corrected chi connectivity index (χ0v) is 7.72. The Morgan fingerprint density at radius 1 is 1.55 bits per heavy atom. The Balaban J connectivity index is 3.40. The highest BCUT2D eigenvalue weighted by molar-refractivity contribution is 5.79. The zero-order valence-electron chi connectivity index (χ0n) is 7.72. The molecule has 11 heavy (non-hydrogen) atoms. The first kappa shape index (κ1) is 10.6. The van der Waals surface area contributed by atoms with E-state index in [9.17, 15) is 4.79 Å². The molecule has 0 fully saturated rings. The molecular formula is C9H18O2. The molecule has 0 aliphatic carbocycles. The van der Waals surface area contributed by atoms with Crippen LogP contribution in [0.2, 0.25) is 0 Å². The molecule has 0 bridgehead atoms. The monoisotopic (exact) mass is 158 g/mol. The van der Waals surface area contributed by atoms with E-state index >= 15 is 0 Å². The molecule has 0 heterocycles. The summed E-state index contributed by atoms with van der Waals surface area (Å²) in [5.74, 6) is 0.733. The fraction of sp³-hybridized carbons (Fsp3) is 0.889. The average Bonchev–Trinajstić information content (AvgIpc) is 1.87. The van der Waals surface area contributed by atoms with Crippen LogP contribution in [0.5, 0.6) is 0 Å². The summed E-state index contributed by atoms with van der Waals surface area (Å²) in [5, 5.41) is 0. The van der Waals surface area contributed by atoms with Gasteiger partial charge in [-0.05, 0) is 5.92 Å². The summed E-state index contributed by atoms with van der Waals surface area (Å²) in [4.78, 5) is 11.0. The van der Waals surface area contributed by atoms with E-state index in [0.717, 1.165) is 12.8 Å². The summed E-state index contributed by atoms with van der Waals surface area (Å²) in [7, 11) is 1.56. The highest BCUT2D eigenvalue weighted by atomic mass is 16.5. The number of ketones is 1. The van der Waals surface area contributed by atoms with Gasteiger partial charge >= 0.3 is 0 Å². The van der Waals surface area contributed by atoms with E-state index in [1.807, 2.05) is 0 Å². The smallest absolute Gasteiger partial charge is 0.158 e. The van der Waals surface area contributed by atoms with Crippen LogP contribution in [-0.2, 0) is 9.53 Å². The number of methoxy groups -OCH3 is 1. The quantitative estimate of drug-likeness (QED) is 0.591. The second kappa shape index (κ2) is 6.35. The van der Waals surface area contributed by atoms with Crippen molar-refractivity contribution in [2.45, 2.75) is 33.1 Å². The normalized spacial score (nSPS) is 13.0. The van der Waals surface area contributed by atoms with Gasteiger partial charge in [0.15, 0.2) is 5.78 Å². The largest absolute Gasteiger partial charge is 0.377 e. The van der Waals surface area contributed by atoms with Gasteiger partial charge in [0.2, 0.25) is 0 Å². The Bertz CT molecular complexity index is 110. The molecule has 0 amide bonds. The van der Waals surface area contributed by atoms with E-state index in [2.05, 4.69) is 13.8 Å². The molecule has 0 aromatic carbocycles. The van der Waals surface area contributed by atoms with E-state index in [1.54, 1.807) is 7.11 Å². The number of hydrogen-bond acceptors (Lipinski definition) is 2. The first-order chi connectivity index (χ1) is 5.20.